The van der Waals surface area contributed by atoms with E-state index in [0.717, 1.165) is 6.20 Å². The van der Waals surface area contributed by atoms with Crippen LogP contribution in [-0.4, -0.2) is 28.9 Å². The highest BCUT2D eigenvalue weighted by Crippen LogP contribution is 2.26. The Morgan fingerprint density at radius 1 is 1.62 bits per heavy atom. The van der Waals surface area contributed by atoms with Gasteiger partial charge >= 0.3 is 0 Å². The lowest BCUT2D eigenvalue weighted by Crippen LogP contribution is -2.02. The second-order valence-corrected chi connectivity index (χ2v) is 3.56. The van der Waals surface area contributed by atoms with Crippen molar-refractivity contribution in [3.63, 3.8) is 0 Å². The zero-order chi connectivity index (χ0) is 12.3. The van der Waals surface area contributed by atoms with Gasteiger partial charge < -0.3 is 4.90 Å². The average Bonchev–Trinajstić information content (AvgIpc) is 2.19. The molecule has 5 nitrogen and oxygen atoms in total. The Morgan fingerprint density at radius 3 is 2.75 bits per heavy atom. The van der Waals surface area contributed by atoms with E-state index >= 15 is 0 Å². The minimum atomic E-state index is -0.894. The fraction of sp³-hybridized carbons (Fsp3) is 0.222. The summed E-state index contributed by atoms with van der Waals surface area (Å²) in [5.74, 6) is -0.894. The number of pyridine rings is 1. The SMILES string of the molecule is CN(C)/C=C/c1c([N+](=O)[O-])cnc(Cl)c1F. The Kier molecular flexibility index (Phi) is 3.78. The molecule has 0 radical (unpaired) electrons. The van der Waals surface area contributed by atoms with E-state index in [4.69, 9.17) is 11.6 Å². The summed E-state index contributed by atoms with van der Waals surface area (Å²) in [5.41, 5.74) is -0.598. The first-order chi connectivity index (χ1) is 7.43. The molecule has 0 bridgehead atoms. The standard InChI is InChI=1S/C9H9ClFN3O2/c1-13(2)4-3-6-7(14(15)16)5-12-9(10)8(6)11/h3-5H,1-2H3/b4-3+. The second kappa shape index (κ2) is 4.89. The summed E-state index contributed by atoms with van der Waals surface area (Å²) in [6.45, 7) is 0. The fourth-order valence-electron chi connectivity index (χ4n) is 0.995. The van der Waals surface area contributed by atoms with Gasteiger partial charge in [0.25, 0.3) is 5.69 Å². The third-order valence-electron chi connectivity index (χ3n) is 1.73. The maximum atomic E-state index is 13.5. The third-order valence-corrected chi connectivity index (χ3v) is 1.99. The number of nitrogens with zero attached hydrogens (tertiary/aromatic N) is 3. The summed E-state index contributed by atoms with van der Waals surface area (Å²) in [5, 5.41) is 10.3. The van der Waals surface area contributed by atoms with Gasteiger partial charge in [-0.15, -0.1) is 0 Å². The van der Waals surface area contributed by atoms with Gasteiger partial charge in [0.2, 0.25) is 0 Å². The largest absolute Gasteiger partial charge is 0.383 e. The number of rotatable bonds is 3. The van der Waals surface area contributed by atoms with E-state index in [1.165, 1.54) is 12.3 Å². The van der Waals surface area contributed by atoms with Crippen LogP contribution in [0.25, 0.3) is 6.08 Å². The normalized spacial score (nSPS) is 10.8. The minimum absolute atomic E-state index is 0.182. The minimum Gasteiger partial charge on any atom is -0.383 e. The van der Waals surface area contributed by atoms with E-state index in [1.807, 2.05) is 0 Å². The first-order valence-corrected chi connectivity index (χ1v) is 4.64. The number of hydrogen-bond donors (Lipinski definition) is 0. The molecule has 0 amide bonds. The lowest BCUT2D eigenvalue weighted by Gasteiger charge is -2.04. The lowest BCUT2D eigenvalue weighted by atomic mass is 10.2. The van der Waals surface area contributed by atoms with Gasteiger partial charge in [-0.25, -0.2) is 9.37 Å². The predicted molar refractivity (Wildman–Crippen MR) is 58.6 cm³/mol. The van der Waals surface area contributed by atoms with E-state index in [1.54, 1.807) is 19.0 Å². The number of halogens is 2. The molecule has 0 aliphatic rings. The molecule has 0 N–H and O–H groups in total. The zero-order valence-corrected chi connectivity index (χ0v) is 9.40. The summed E-state index contributed by atoms with van der Waals surface area (Å²) in [6, 6.07) is 0. The van der Waals surface area contributed by atoms with Gasteiger partial charge in [0.05, 0.1) is 10.5 Å². The van der Waals surface area contributed by atoms with Gasteiger partial charge in [0, 0.05) is 14.1 Å². The molecule has 86 valence electrons. The Morgan fingerprint density at radius 2 is 2.25 bits per heavy atom. The first kappa shape index (κ1) is 12.4. The van der Waals surface area contributed by atoms with Crippen molar-refractivity contribution >= 4 is 23.4 Å². The maximum absolute atomic E-state index is 13.5. The summed E-state index contributed by atoms with van der Waals surface area (Å²) in [6.07, 6.45) is 3.70. The van der Waals surface area contributed by atoms with Crippen LogP contribution < -0.4 is 0 Å². The summed E-state index contributed by atoms with van der Waals surface area (Å²) < 4.78 is 13.5. The molecule has 1 aromatic rings. The fourth-order valence-corrected chi connectivity index (χ4v) is 1.15. The van der Waals surface area contributed by atoms with Crippen molar-refractivity contribution in [1.82, 2.24) is 9.88 Å². The Hall–Kier alpha value is -1.69. The molecule has 0 saturated carbocycles. The van der Waals surface area contributed by atoms with Gasteiger partial charge in [-0.05, 0) is 12.3 Å². The Labute approximate surface area is 96.3 Å². The van der Waals surface area contributed by atoms with Gasteiger partial charge in [-0.3, -0.25) is 10.1 Å². The van der Waals surface area contributed by atoms with Crippen LogP contribution in [0.4, 0.5) is 10.1 Å². The van der Waals surface area contributed by atoms with E-state index in [-0.39, 0.29) is 10.7 Å². The van der Waals surface area contributed by atoms with Crippen molar-refractivity contribution < 1.29 is 9.31 Å². The molecule has 16 heavy (non-hydrogen) atoms. The molecule has 1 heterocycles. The highest BCUT2D eigenvalue weighted by Gasteiger charge is 2.19. The van der Waals surface area contributed by atoms with Crippen molar-refractivity contribution in [3.05, 3.63) is 39.0 Å². The monoisotopic (exact) mass is 245 g/mol. The van der Waals surface area contributed by atoms with Gasteiger partial charge in [-0.2, -0.15) is 0 Å². The Balaban J connectivity index is 3.32. The molecule has 0 aliphatic heterocycles. The molecule has 0 saturated heterocycles. The molecule has 0 aliphatic carbocycles. The smallest absolute Gasteiger partial charge is 0.297 e. The highest BCUT2D eigenvalue weighted by atomic mass is 35.5. The molecule has 7 heteroatoms. The first-order valence-electron chi connectivity index (χ1n) is 4.26. The van der Waals surface area contributed by atoms with Crippen LogP contribution in [-0.2, 0) is 0 Å². The molecular weight excluding hydrogens is 237 g/mol. The molecule has 0 spiro atoms. The zero-order valence-electron chi connectivity index (χ0n) is 8.65. The molecular formula is C9H9ClFN3O2. The number of nitro groups is 1. The van der Waals surface area contributed by atoms with Crippen LogP contribution in [0.5, 0.6) is 0 Å². The van der Waals surface area contributed by atoms with Crippen molar-refractivity contribution in [3.8, 4) is 0 Å². The molecule has 0 fully saturated rings. The second-order valence-electron chi connectivity index (χ2n) is 3.20. The maximum Gasteiger partial charge on any atom is 0.297 e. The average molecular weight is 246 g/mol. The van der Waals surface area contributed by atoms with Crippen LogP contribution in [0.1, 0.15) is 5.56 Å². The topological polar surface area (TPSA) is 59.3 Å². The van der Waals surface area contributed by atoms with Gasteiger partial charge in [0.1, 0.15) is 6.20 Å². The highest BCUT2D eigenvalue weighted by molar-refractivity contribution is 6.29. The van der Waals surface area contributed by atoms with Crippen molar-refractivity contribution in [2.45, 2.75) is 0 Å². The molecule has 0 unspecified atom stereocenters. The van der Waals surface area contributed by atoms with E-state index in [9.17, 15) is 14.5 Å². The van der Waals surface area contributed by atoms with Crippen LogP contribution >= 0.6 is 11.6 Å². The quantitative estimate of drug-likeness (QED) is 0.466. The number of aromatic nitrogens is 1. The van der Waals surface area contributed by atoms with Crippen LogP contribution in [0.2, 0.25) is 5.15 Å². The van der Waals surface area contributed by atoms with Crippen molar-refractivity contribution in [2.24, 2.45) is 0 Å². The molecule has 1 rings (SSSR count). The summed E-state index contributed by atoms with van der Waals surface area (Å²) in [7, 11) is 3.42. The summed E-state index contributed by atoms with van der Waals surface area (Å²) in [4.78, 5) is 14.9. The molecule has 0 atom stereocenters. The van der Waals surface area contributed by atoms with Crippen LogP contribution in [0.15, 0.2) is 12.4 Å². The van der Waals surface area contributed by atoms with Crippen molar-refractivity contribution in [2.75, 3.05) is 14.1 Å². The third kappa shape index (κ3) is 2.66. The van der Waals surface area contributed by atoms with Gasteiger partial charge in [-0.1, -0.05) is 11.6 Å². The number of hydrogen-bond acceptors (Lipinski definition) is 4. The van der Waals surface area contributed by atoms with E-state index in [2.05, 4.69) is 4.98 Å². The van der Waals surface area contributed by atoms with Crippen LogP contribution in [0, 0.1) is 15.9 Å². The summed E-state index contributed by atoms with van der Waals surface area (Å²) >= 11 is 5.45. The Bertz CT molecular complexity index is 449. The molecule has 1 aromatic heterocycles. The van der Waals surface area contributed by atoms with E-state index < -0.39 is 16.4 Å². The van der Waals surface area contributed by atoms with Gasteiger partial charge in [0.15, 0.2) is 11.0 Å². The molecule has 0 aromatic carbocycles. The van der Waals surface area contributed by atoms with Crippen LogP contribution in [0.3, 0.4) is 0 Å². The van der Waals surface area contributed by atoms with E-state index in [0.29, 0.717) is 0 Å². The van der Waals surface area contributed by atoms with Crippen molar-refractivity contribution in [1.29, 1.82) is 0 Å². The predicted octanol–water partition coefficient (Wildman–Crippen LogP) is 2.31. The lowest BCUT2D eigenvalue weighted by molar-refractivity contribution is -0.385.